The highest BCUT2D eigenvalue weighted by Gasteiger charge is 2.32. The lowest BCUT2D eigenvalue weighted by Crippen LogP contribution is -2.44. The number of carbonyl (C=O) groups is 2. The van der Waals surface area contributed by atoms with Crippen molar-refractivity contribution in [3.8, 4) is 12.3 Å². The van der Waals surface area contributed by atoms with Crippen molar-refractivity contribution in [2.75, 3.05) is 6.54 Å². The van der Waals surface area contributed by atoms with Crippen LogP contribution in [0.15, 0.2) is 42.0 Å². The van der Waals surface area contributed by atoms with Crippen molar-refractivity contribution in [3.05, 3.63) is 47.5 Å². The van der Waals surface area contributed by atoms with Crippen LogP contribution in [-0.2, 0) is 4.79 Å². The van der Waals surface area contributed by atoms with E-state index in [1.165, 1.54) is 4.90 Å². The molecule has 0 bridgehead atoms. The van der Waals surface area contributed by atoms with Gasteiger partial charge in [-0.15, -0.1) is 12.3 Å². The maximum atomic E-state index is 12.6. The maximum Gasteiger partial charge on any atom is 0.260 e. The number of unbranched alkanes of at least 4 members (excludes halogenated alkanes) is 2. The van der Waals surface area contributed by atoms with Crippen LogP contribution in [0.5, 0.6) is 0 Å². The molecule has 1 aliphatic heterocycles. The summed E-state index contributed by atoms with van der Waals surface area (Å²) >= 11 is 0. The number of nitrogens with zero attached hydrogens (tertiary/aromatic N) is 1. The van der Waals surface area contributed by atoms with Gasteiger partial charge in [0.15, 0.2) is 0 Å². The van der Waals surface area contributed by atoms with Crippen LogP contribution in [0.25, 0.3) is 0 Å². The van der Waals surface area contributed by atoms with E-state index < -0.39 is 0 Å². The smallest absolute Gasteiger partial charge is 0.260 e. The average Bonchev–Trinajstić information content (AvgIpc) is 2.54. The zero-order valence-electron chi connectivity index (χ0n) is 12.9. The Bertz CT molecular complexity index is 610. The summed E-state index contributed by atoms with van der Waals surface area (Å²) in [5.41, 5.74) is 1.61. The lowest BCUT2D eigenvalue weighted by atomic mass is 9.89. The van der Waals surface area contributed by atoms with Gasteiger partial charge in [-0.1, -0.05) is 36.3 Å². The van der Waals surface area contributed by atoms with E-state index in [0.29, 0.717) is 12.1 Å². The van der Waals surface area contributed by atoms with Crippen LogP contribution in [0.4, 0.5) is 0 Å². The first-order valence-electron chi connectivity index (χ1n) is 7.66. The van der Waals surface area contributed by atoms with Gasteiger partial charge in [-0.05, 0) is 31.9 Å². The summed E-state index contributed by atoms with van der Waals surface area (Å²) in [5.74, 6) is 2.11. The van der Waals surface area contributed by atoms with E-state index >= 15 is 0 Å². The van der Waals surface area contributed by atoms with Gasteiger partial charge in [0, 0.05) is 18.5 Å². The second-order valence-corrected chi connectivity index (χ2v) is 5.57. The standard InChI is InChI=1S/C19H21NO2/c1-3-4-5-9-12-17-15(2)13-14-20(19(17)22)18(21)16-10-7-6-8-11-16/h1,6-8,10-11,13,17H,4-5,9,12,14H2,2H3. The molecule has 1 aromatic carbocycles. The quantitative estimate of drug-likeness (QED) is 0.361. The van der Waals surface area contributed by atoms with E-state index in [4.69, 9.17) is 6.42 Å². The van der Waals surface area contributed by atoms with Crippen LogP contribution in [0.3, 0.4) is 0 Å². The highest BCUT2D eigenvalue weighted by atomic mass is 16.2. The fourth-order valence-corrected chi connectivity index (χ4v) is 2.70. The highest BCUT2D eigenvalue weighted by Crippen LogP contribution is 2.26. The van der Waals surface area contributed by atoms with Gasteiger partial charge in [-0.2, -0.15) is 0 Å². The molecule has 1 unspecified atom stereocenters. The molecule has 1 atom stereocenters. The molecule has 1 aliphatic rings. The maximum absolute atomic E-state index is 12.6. The molecule has 1 heterocycles. The van der Waals surface area contributed by atoms with Crippen molar-refractivity contribution < 1.29 is 9.59 Å². The molecule has 3 nitrogen and oxygen atoms in total. The number of amides is 2. The second-order valence-electron chi connectivity index (χ2n) is 5.57. The number of rotatable bonds is 5. The van der Waals surface area contributed by atoms with Crippen LogP contribution in [0, 0.1) is 18.3 Å². The first-order chi connectivity index (χ1) is 10.6. The Labute approximate surface area is 132 Å². The largest absolute Gasteiger partial charge is 0.274 e. The van der Waals surface area contributed by atoms with Crippen molar-refractivity contribution in [1.29, 1.82) is 0 Å². The third-order valence-corrected chi connectivity index (χ3v) is 4.04. The molecule has 0 aliphatic carbocycles. The van der Waals surface area contributed by atoms with Gasteiger partial charge in [0.1, 0.15) is 0 Å². The van der Waals surface area contributed by atoms with Crippen LogP contribution >= 0.6 is 0 Å². The molecule has 0 saturated heterocycles. The number of imide groups is 1. The van der Waals surface area contributed by atoms with Crippen molar-refractivity contribution >= 4 is 11.8 Å². The highest BCUT2D eigenvalue weighted by molar-refractivity contribution is 6.06. The van der Waals surface area contributed by atoms with Crippen LogP contribution < -0.4 is 0 Å². The molecule has 0 radical (unpaired) electrons. The molecule has 22 heavy (non-hydrogen) atoms. The molecule has 0 saturated carbocycles. The van der Waals surface area contributed by atoms with E-state index in [2.05, 4.69) is 5.92 Å². The minimum Gasteiger partial charge on any atom is -0.274 e. The minimum atomic E-state index is -0.219. The summed E-state index contributed by atoms with van der Waals surface area (Å²) in [4.78, 5) is 26.5. The zero-order chi connectivity index (χ0) is 15.9. The Hall–Kier alpha value is -2.34. The third-order valence-electron chi connectivity index (χ3n) is 4.04. The number of benzene rings is 1. The van der Waals surface area contributed by atoms with Crippen molar-refractivity contribution in [2.24, 2.45) is 5.92 Å². The second kappa shape index (κ2) is 7.61. The Kier molecular flexibility index (Phi) is 5.55. The van der Waals surface area contributed by atoms with Gasteiger partial charge in [-0.3, -0.25) is 14.5 Å². The van der Waals surface area contributed by atoms with Crippen LogP contribution in [-0.4, -0.2) is 23.3 Å². The molecule has 114 valence electrons. The zero-order valence-corrected chi connectivity index (χ0v) is 12.9. The molecular formula is C19H21NO2. The molecule has 0 aromatic heterocycles. The molecule has 3 heteroatoms. The molecular weight excluding hydrogens is 274 g/mol. The molecule has 2 amide bonds. The number of terminal acetylenes is 1. The van der Waals surface area contributed by atoms with Gasteiger partial charge in [0.25, 0.3) is 5.91 Å². The monoisotopic (exact) mass is 295 g/mol. The summed E-state index contributed by atoms with van der Waals surface area (Å²) in [6.45, 7) is 2.33. The predicted octanol–water partition coefficient (Wildman–Crippen LogP) is 3.43. The number of carbonyl (C=O) groups excluding carboxylic acids is 2. The van der Waals surface area contributed by atoms with Gasteiger partial charge < -0.3 is 0 Å². The van der Waals surface area contributed by atoms with Crippen molar-refractivity contribution in [2.45, 2.75) is 32.6 Å². The van der Waals surface area contributed by atoms with Gasteiger partial charge in [0.2, 0.25) is 5.91 Å². The lowest BCUT2D eigenvalue weighted by Gasteiger charge is -2.30. The summed E-state index contributed by atoms with van der Waals surface area (Å²) in [7, 11) is 0. The molecule has 0 spiro atoms. The Balaban J connectivity index is 2.07. The van der Waals surface area contributed by atoms with Crippen LogP contribution in [0.1, 0.15) is 43.0 Å². The van der Waals surface area contributed by atoms with Crippen molar-refractivity contribution in [3.63, 3.8) is 0 Å². The normalized spacial score (nSPS) is 17.8. The van der Waals surface area contributed by atoms with Gasteiger partial charge in [0.05, 0.1) is 5.92 Å². The first-order valence-corrected chi connectivity index (χ1v) is 7.66. The van der Waals surface area contributed by atoms with E-state index in [9.17, 15) is 9.59 Å². The molecule has 2 rings (SSSR count). The summed E-state index contributed by atoms with van der Waals surface area (Å²) in [6.07, 6.45) is 10.5. The Morgan fingerprint density at radius 3 is 2.73 bits per heavy atom. The van der Waals surface area contributed by atoms with E-state index in [1.807, 2.05) is 19.1 Å². The van der Waals surface area contributed by atoms with Crippen LogP contribution in [0.2, 0.25) is 0 Å². The lowest BCUT2D eigenvalue weighted by molar-refractivity contribution is -0.132. The first kappa shape index (κ1) is 16.0. The van der Waals surface area contributed by atoms with Crippen molar-refractivity contribution in [1.82, 2.24) is 4.90 Å². The predicted molar refractivity (Wildman–Crippen MR) is 87.0 cm³/mol. The van der Waals surface area contributed by atoms with E-state index in [0.717, 1.165) is 31.3 Å². The number of hydrogen-bond acceptors (Lipinski definition) is 2. The average molecular weight is 295 g/mol. The fraction of sp³-hybridized carbons (Fsp3) is 0.368. The minimum absolute atomic E-state index is 0.0884. The molecule has 0 fully saturated rings. The van der Waals surface area contributed by atoms with E-state index in [1.54, 1.807) is 24.3 Å². The fourth-order valence-electron chi connectivity index (χ4n) is 2.70. The van der Waals surface area contributed by atoms with Gasteiger partial charge in [-0.25, -0.2) is 0 Å². The summed E-state index contributed by atoms with van der Waals surface area (Å²) in [5, 5.41) is 0. The third kappa shape index (κ3) is 3.65. The number of hydrogen-bond donors (Lipinski definition) is 0. The molecule has 0 N–H and O–H groups in total. The topological polar surface area (TPSA) is 37.4 Å². The summed E-state index contributed by atoms with van der Waals surface area (Å²) < 4.78 is 0. The summed E-state index contributed by atoms with van der Waals surface area (Å²) in [6, 6.07) is 8.94. The Morgan fingerprint density at radius 2 is 2.05 bits per heavy atom. The Morgan fingerprint density at radius 1 is 1.32 bits per heavy atom. The molecule has 1 aromatic rings. The SMILES string of the molecule is C#CCCCCC1C(=O)N(C(=O)c2ccccc2)CC=C1C. The van der Waals surface area contributed by atoms with E-state index in [-0.39, 0.29) is 17.7 Å². The van der Waals surface area contributed by atoms with Gasteiger partial charge >= 0.3 is 0 Å².